The molecule has 214 valence electrons. The average Bonchev–Trinajstić information content (AvgIpc) is 3.55. The quantitative estimate of drug-likeness (QED) is 0.246. The Bertz CT molecular complexity index is 1800. The van der Waals surface area contributed by atoms with Gasteiger partial charge in [-0.25, -0.2) is 4.98 Å². The average molecular weight is 560 g/mol. The standard InChI is InChI=1S/C34H37N7O/c1-7-30(42)37-29-18-25(9-8-21(29)2)32-31-22(3)27(28-20-36-40(6)23(28)4)19-35-34(31)38-33(32)24-10-12-26(13-11-24)41-16-14-39(5)15-17-41/h7-13,18-20H,1,14-17H2,2-6H3,(H,35,38)(H,37,42). The SMILES string of the molecule is C=CC(=O)Nc1cc(-c2c(-c3ccc(N4CCN(C)CC4)cc3)[nH]c3ncc(-c4cnn(C)c4C)c(C)c23)ccc1C. The molecule has 1 amide bonds. The molecule has 3 aromatic heterocycles. The van der Waals surface area contributed by atoms with Crippen molar-refractivity contribution in [1.82, 2.24) is 24.6 Å². The molecule has 1 fully saturated rings. The number of aromatic nitrogens is 4. The summed E-state index contributed by atoms with van der Waals surface area (Å²) in [6.45, 7) is 14.0. The Morgan fingerprint density at radius 3 is 2.33 bits per heavy atom. The molecule has 0 atom stereocenters. The molecule has 1 aliphatic heterocycles. The van der Waals surface area contributed by atoms with E-state index in [1.54, 1.807) is 0 Å². The number of piperazine rings is 1. The van der Waals surface area contributed by atoms with Gasteiger partial charge in [-0.1, -0.05) is 30.8 Å². The predicted molar refractivity (Wildman–Crippen MR) is 172 cm³/mol. The van der Waals surface area contributed by atoms with Crippen molar-refractivity contribution >= 4 is 28.3 Å². The molecule has 8 heteroatoms. The molecule has 1 saturated heterocycles. The molecule has 0 radical (unpaired) electrons. The van der Waals surface area contributed by atoms with Gasteiger partial charge in [0.2, 0.25) is 5.91 Å². The lowest BCUT2D eigenvalue weighted by atomic mass is 9.93. The number of nitrogens with zero attached hydrogens (tertiary/aromatic N) is 5. The lowest BCUT2D eigenvalue weighted by Crippen LogP contribution is -2.44. The number of rotatable bonds is 6. The molecule has 5 aromatic rings. The van der Waals surface area contributed by atoms with E-state index in [4.69, 9.17) is 4.98 Å². The van der Waals surface area contributed by atoms with Crippen LogP contribution in [0.1, 0.15) is 16.8 Å². The van der Waals surface area contributed by atoms with Crippen molar-refractivity contribution < 1.29 is 4.79 Å². The van der Waals surface area contributed by atoms with Crippen molar-refractivity contribution in [3.8, 4) is 33.5 Å². The first-order chi connectivity index (χ1) is 20.2. The van der Waals surface area contributed by atoms with E-state index >= 15 is 0 Å². The van der Waals surface area contributed by atoms with Crippen LogP contribution in [0.4, 0.5) is 11.4 Å². The van der Waals surface area contributed by atoms with E-state index in [1.807, 2.05) is 43.2 Å². The number of hydrogen-bond acceptors (Lipinski definition) is 5. The maximum atomic E-state index is 12.2. The number of anilines is 2. The van der Waals surface area contributed by atoms with Crippen molar-refractivity contribution in [1.29, 1.82) is 0 Å². The van der Waals surface area contributed by atoms with Gasteiger partial charge in [0, 0.05) is 78.6 Å². The number of amides is 1. The Labute approximate surface area is 246 Å². The topological polar surface area (TPSA) is 82.1 Å². The van der Waals surface area contributed by atoms with Crippen molar-refractivity contribution in [3.63, 3.8) is 0 Å². The summed E-state index contributed by atoms with van der Waals surface area (Å²) in [7, 11) is 4.13. The third-order valence-electron chi connectivity index (χ3n) is 8.60. The van der Waals surface area contributed by atoms with E-state index in [9.17, 15) is 4.79 Å². The maximum Gasteiger partial charge on any atom is 0.247 e. The van der Waals surface area contributed by atoms with E-state index in [0.29, 0.717) is 0 Å². The Hall–Kier alpha value is -4.69. The van der Waals surface area contributed by atoms with Crippen LogP contribution in [0.2, 0.25) is 0 Å². The second-order valence-corrected chi connectivity index (χ2v) is 11.2. The number of fused-ring (bicyclic) bond motifs is 1. The minimum Gasteiger partial charge on any atom is -0.369 e. The number of benzene rings is 2. The van der Waals surface area contributed by atoms with Gasteiger partial charge in [0.05, 0.1) is 11.9 Å². The summed E-state index contributed by atoms with van der Waals surface area (Å²) in [4.78, 5) is 25.6. The summed E-state index contributed by atoms with van der Waals surface area (Å²) in [5.41, 5.74) is 12.2. The van der Waals surface area contributed by atoms with E-state index < -0.39 is 0 Å². The first-order valence-electron chi connectivity index (χ1n) is 14.3. The number of aromatic amines is 1. The zero-order valence-electron chi connectivity index (χ0n) is 25.0. The van der Waals surface area contributed by atoms with Crippen LogP contribution in [0.5, 0.6) is 0 Å². The minimum absolute atomic E-state index is 0.235. The largest absolute Gasteiger partial charge is 0.369 e. The molecule has 1 aliphatic rings. The van der Waals surface area contributed by atoms with Crippen LogP contribution in [-0.4, -0.2) is 63.8 Å². The molecule has 0 bridgehead atoms. The molecule has 6 rings (SSSR count). The highest BCUT2D eigenvalue weighted by molar-refractivity contribution is 6.07. The Balaban J connectivity index is 1.53. The van der Waals surface area contributed by atoms with Crippen molar-refractivity contribution in [2.75, 3.05) is 43.4 Å². The summed E-state index contributed by atoms with van der Waals surface area (Å²) in [6, 6.07) is 15.0. The second-order valence-electron chi connectivity index (χ2n) is 11.2. The van der Waals surface area contributed by atoms with Gasteiger partial charge in [-0.2, -0.15) is 5.10 Å². The number of hydrogen-bond donors (Lipinski definition) is 2. The van der Waals surface area contributed by atoms with Crippen LogP contribution in [0.15, 0.2) is 67.5 Å². The highest BCUT2D eigenvalue weighted by Crippen LogP contribution is 2.43. The van der Waals surface area contributed by atoms with Gasteiger partial charge in [-0.3, -0.25) is 9.48 Å². The van der Waals surface area contributed by atoms with Crippen LogP contribution in [0.25, 0.3) is 44.5 Å². The van der Waals surface area contributed by atoms with E-state index in [1.165, 1.54) is 11.8 Å². The zero-order valence-corrected chi connectivity index (χ0v) is 25.0. The van der Waals surface area contributed by atoms with Crippen LogP contribution in [-0.2, 0) is 11.8 Å². The monoisotopic (exact) mass is 559 g/mol. The van der Waals surface area contributed by atoms with Crippen LogP contribution < -0.4 is 10.2 Å². The molecule has 2 N–H and O–H groups in total. The Kier molecular flexibility index (Phi) is 7.16. The molecule has 0 unspecified atom stereocenters. The number of nitrogens with one attached hydrogen (secondary N) is 2. The van der Waals surface area contributed by atoms with Crippen molar-refractivity contribution in [2.45, 2.75) is 20.8 Å². The zero-order chi connectivity index (χ0) is 29.5. The summed E-state index contributed by atoms with van der Waals surface area (Å²) in [5, 5.41) is 8.51. The molecule has 8 nitrogen and oxygen atoms in total. The van der Waals surface area contributed by atoms with Gasteiger partial charge in [0.15, 0.2) is 0 Å². The van der Waals surface area contributed by atoms with E-state index in [0.717, 1.165) is 93.2 Å². The third kappa shape index (κ3) is 4.88. The normalized spacial score (nSPS) is 14.0. The van der Waals surface area contributed by atoms with Crippen LogP contribution in [0.3, 0.4) is 0 Å². The van der Waals surface area contributed by atoms with Crippen molar-refractivity contribution in [3.05, 3.63) is 84.3 Å². The molecular formula is C34H37N7O. The van der Waals surface area contributed by atoms with Gasteiger partial charge < -0.3 is 20.1 Å². The van der Waals surface area contributed by atoms with E-state index in [2.05, 4.69) is 83.0 Å². The number of H-pyrrole nitrogens is 1. The fourth-order valence-corrected chi connectivity index (χ4v) is 5.85. The van der Waals surface area contributed by atoms with Crippen molar-refractivity contribution in [2.24, 2.45) is 7.05 Å². The minimum atomic E-state index is -0.235. The smallest absolute Gasteiger partial charge is 0.247 e. The van der Waals surface area contributed by atoms with E-state index in [-0.39, 0.29) is 5.91 Å². The molecular weight excluding hydrogens is 522 g/mol. The molecule has 0 aliphatic carbocycles. The van der Waals surface area contributed by atoms with Gasteiger partial charge in [-0.15, -0.1) is 0 Å². The fraction of sp³-hybridized carbons (Fsp3) is 0.265. The third-order valence-corrected chi connectivity index (χ3v) is 8.60. The van der Waals surface area contributed by atoms with Crippen LogP contribution >= 0.6 is 0 Å². The lowest BCUT2D eigenvalue weighted by molar-refractivity contribution is -0.111. The molecule has 0 saturated carbocycles. The Morgan fingerprint density at radius 2 is 1.67 bits per heavy atom. The maximum absolute atomic E-state index is 12.2. The summed E-state index contributed by atoms with van der Waals surface area (Å²) in [5.74, 6) is -0.235. The first-order valence-corrected chi connectivity index (χ1v) is 14.3. The molecule has 2 aromatic carbocycles. The van der Waals surface area contributed by atoms with Gasteiger partial charge in [-0.05, 0) is 74.3 Å². The highest BCUT2D eigenvalue weighted by Gasteiger charge is 2.22. The summed E-state index contributed by atoms with van der Waals surface area (Å²) >= 11 is 0. The molecule has 4 heterocycles. The fourth-order valence-electron chi connectivity index (χ4n) is 5.85. The van der Waals surface area contributed by atoms with Gasteiger partial charge >= 0.3 is 0 Å². The predicted octanol–water partition coefficient (Wildman–Crippen LogP) is 6.10. The summed E-state index contributed by atoms with van der Waals surface area (Å²) < 4.78 is 1.89. The number of carbonyl (C=O) groups is 1. The number of likely N-dealkylation sites (N-methyl/N-ethyl adjacent to an activating group) is 1. The number of pyridine rings is 1. The van der Waals surface area contributed by atoms with Gasteiger partial charge in [0.25, 0.3) is 0 Å². The highest BCUT2D eigenvalue weighted by atomic mass is 16.1. The number of carbonyl (C=O) groups excluding carboxylic acids is 1. The van der Waals surface area contributed by atoms with Crippen LogP contribution in [0, 0.1) is 20.8 Å². The summed E-state index contributed by atoms with van der Waals surface area (Å²) in [6.07, 6.45) is 5.14. The lowest BCUT2D eigenvalue weighted by Gasteiger charge is -2.34. The first kappa shape index (κ1) is 27.5. The Morgan fingerprint density at radius 1 is 0.952 bits per heavy atom. The molecule has 42 heavy (non-hydrogen) atoms. The van der Waals surface area contributed by atoms with Gasteiger partial charge in [0.1, 0.15) is 5.65 Å². The second kappa shape index (κ2) is 10.9. The number of aryl methyl sites for hydroxylation is 3. The molecule has 0 spiro atoms.